The van der Waals surface area contributed by atoms with Crippen LogP contribution in [-0.4, -0.2) is 22.2 Å². The third-order valence-corrected chi connectivity index (χ3v) is 4.68. The van der Waals surface area contributed by atoms with Crippen molar-refractivity contribution >= 4 is 11.9 Å². The first-order valence-corrected chi connectivity index (χ1v) is 8.71. The average molecular weight is 360 g/mol. The molecule has 1 unspecified atom stereocenters. The first kappa shape index (κ1) is 18.4. The highest BCUT2D eigenvalue weighted by Crippen LogP contribution is 2.31. The Morgan fingerprint density at radius 2 is 1.15 bits per heavy atom. The maximum atomic E-state index is 11.7. The minimum Gasteiger partial charge on any atom is -0.481 e. The fraction of sp³-hybridized carbons (Fsp3) is 0.130. The molecule has 0 aliphatic rings. The van der Waals surface area contributed by atoms with Crippen molar-refractivity contribution in [1.29, 1.82) is 0 Å². The van der Waals surface area contributed by atoms with E-state index >= 15 is 0 Å². The van der Waals surface area contributed by atoms with Crippen molar-refractivity contribution in [2.45, 2.75) is 12.3 Å². The summed E-state index contributed by atoms with van der Waals surface area (Å²) in [6.45, 7) is 0. The summed E-state index contributed by atoms with van der Waals surface area (Å²) in [6, 6.07) is 26.7. The van der Waals surface area contributed by atoms with Gasteiger partial charge in [-0.3, -0.25) is 9.59 Å². The molecule has 0 radical (unpaired) electrons. The lowest BCUT2D eigenvalue weighted by Crippen LogP contribution is -2.31. The van der Waals surface area contributed by atoms with Crippen molar-refractivity contribution in [3.63, 3.8) is 0 Å². The number of benzene rings is 3. The summed E-state index contributed by atoms with van der Waals surface area (Å²) in [5, 5.41) is 19.0. The van der Waals surface area contributed by atoms with Gasteiger partial charge in [0.2, 0.25) is 0 Å². The summed E-state index contributed by atoms with van der Waals surface area (Å²) >= 11 is 0. The van der Waals surface area contributed by atoms with Crippen LogP contribution in [0.5, 0.6) is 0 Å². The van der Waals surface area contributed by atoms with Gasteiger partial charge in [0, 0.05) is 5.92 Å². The molecule has 0 bridgehead atoms. The molecular formula is C23H20O4. The Hall–Kier alpha value is -3.40. The molecule has 4 heteroatoms. The first-order valence-electron chi connectivity index (χ1n) is 8.71. The number of hydrogen-bond acceptors (Lipinski definition) is 2. The largest absolute Gasteiger partial charge is 0.481 e. The van der Waals surface area contributed by atoms with Gasteiger partial charge in [-0.05, 0) is 28.7 Å². The van der Waals surface area contributed by atoms with Gasteiger partial charge in [-0.15, -0.1) is 0 Å². The van der Waals surface area contributed by atoms with Gasteiger partial charge >= 0.3 is 11.9 Å². The van der Waals surface area contributed by atoms with E-state index in [0.717, 1.165) is 16.7 Å². The smallest absolute Gasteiger partial charge is 0.318 e. The summed E-state index contributed by atoms with van der Waals surface area (Å²) in [5.74, 6) is -4.81. The number of hydrogen-bond donors (Lipinski definition) is 2. The van der Waals surface area contributed by atoms with Crippen molar-refractivity contribution in [1.82, 2.24) is 0 Å². The first-order chi connectivity index (χ1) is 13.1. The van der Waals surface area contributed by atoms with Crippen LogP contribution in [0, 0.1) is 5.92 Å². The minimum atomic E-state index is -1.51. The van der Waals surface area contributed by atoms with Crippen LogP contribution >= 0.6 is 0 Å². The van der Waals surface area contributed by atoms with Crippen LogP contribution in [0.1, 0.15) is 17.0 Å². The molecule has 0 spiro atoms. The third kappa shape index (κ3) is 4.42. The lowest BCUT2D eigenvalue weighted by Gasteiger charge is -2.22. The molecule has 0 heterocycles. The zero-order valence-corrected chi connectivity index (χ0v) is 14.7. The quantitative estimate of drug-likeness (QED) is 0.610. The predicted molar refractivity (Wildman–Crippen MR) is 104 cm³/mol. The number of rotatable bonds is 7. The molecule has 2 N–H and O–H groups in total. The van der Waals surface area contributed by atoms with E-state index in [1.54, 1.807) is 0 Å². The molecular weight excluding hydrogens is 340 g/mol. The average Bonchev–Trinajstić information content (AvgIpc) is 2.68. The highest BCUT2D eigenvalue weighted by molar-refractivity contribution is 5.94. The van der Waals surface area contributed by atoms with Gasteiger partial charge in [-0.2, -0.15) is 0 Å². The second-order valence-electron chi connectivity index (χ2n) is 6.44. The van der Waals surface area contributed by atoms with Crippen LogP contribution in [-0.2, 0) is 16.0 Å². The summed E-state index contributed by atoms with van der Waals surface area (Å²) in [4.78, 5) is 23.3. The molecule has 0 saturated heterocycles. The van der Waals surface area contributed by atoms with Crippen molar-refractivity contribution in [3.05, 3.63) is 96.1 Å². The van der Waals surface area contributed by atoms with Crippen LogP contribution in [0.25, 0.3) is 11.1 Å². The Labute approximate surface area is 157 Å². The number of carboxylic acid groups (broad SMARTS) is 2. The van der Waals surface area contributed by atoms with Gasteiger partial charge in [0.05, 0.1) is 0 Å². The molecule has 0 saturated carbocycles. The van der Waals surface area contributed by atoms with Crippen molar-refractivity contribution < 1.29 is 19.8 Å². The van der Waals surface area contributed by atoms with Crippen molar-refractivity contribution in [2.75, 3.05) is 0 Å². The molecule has 3 aromatic carbocycles. The van der Waals surface area contributed by atoms with Gasteiger partial charge in [-0.1, -0.05) is 84.9 Å². The van der Waals surface area contributed by atoms with Crippen molar-refractivity contribution in [3.8, 4) is 11.1 Å². The second-order valence-corrected chi connectivity index (χ2v) is 6.44. The Kier molecular flexibility index (Phi) is 5.67. The molecule has 136 valence electrons. The van der Waals surface area contributed by atoms with Gasteiger partial charge < -0.3 is 10.2 Å². The standard InChI is InChI=1S/C23H20O4/c24-22(25)21(23(26)27)20(15-16-7-3-1-4-8-16)19-13-11-18(12-14-19)17-9-5-2-6-10-17/h1-14,20-21H,15H2,(H,24,25)(H,26,27). The van der Waals surface area contributed by atoms with Crippen LogP contribution < -0.4 is 0 Å². The summed E-state index contributed by atoms with van der Waals surface area (Å²) in [6.07, 6.45) is 0.342. The van der Waals surface area contributed by atoms with Gasteiger partial charge in [0.1, 0.15) is 0 Å². The lowest BCUT2D eigenvalue weighted by molar-refractivity contribution is -0.155. The normalized spacial score (nSPS) is 11.9. The molecule has 0 amide bonds. The van der Waals surface area contributed by atoms with Gasteiger partial charge in [0.25, 0.3) is 0 Å². The highest BCUT2D eigenvalue weighted by Gasteiger charge is 2.36. The molecule has 0 aliphatic heterocycles. The van der Waals surface area contributed by atoms with Gasteiger partial charge in [-0.25, -0.2) is 0 Å². The lowest BCUT2D eigenvalue weighted by atomic mass is 9.81. The van der Waals surface area contributed by atoms with Gasteiger partial charge in [0.15, 0.2) is 5.92 Å². The van der Waals surface area contributed by atoms with E-state index < -0.39 is 23.8 Å². The fourth-order valence-electron chi connectivity index (χ4n) is 3.30. The number of carbonyl (C=O) groups is 2. The highest BCUT2D eigenvalue weighted by atomic mass is 16.4. The Morgan fingerprint density at radius 3 is 1.67 bits per heavy atom. The van der Waals surface area contributed by atoms with E-state index in [9.17, 15) is 19.8 Å². The zero-order valence-electron chi connectivity index (χ0n) is 14.7. The Morgan fingerprint density at radius 1 is 0.667 bits per heavy atom. The number of aliphatic carboxylic acids is 2. The van der Waals surface area contributed by atoms with E-state index in [1.807, 2.05) is 84.9 Å². The number of carboxylic acids is 2. The summed E-state index contributed by atoms with van der Waals surface area (Å²) < 4.78 is 0. The zero-order chi connectivity index (χ0) is 19.2. The summed E-state index contributed by atoms with van der Waals surface area (Å²) in [5.41, 5.74) is 3.66. The maximum Gasteiger partial charge on any atom is 0.318 e. The molecule has 0 aromatic heterocycles. The molecule has 0 aliphatic carbocycles. The van der Waals surface area contributed by atoms with E-state index in [2.05, 4.69) is 0 Å². The molecule has 3 aromatic rings. The third-order valence-electron chi connectivity index (χ3n) is 4.68. The SMILES string of the molecule is O=C(O)C(C(=O)O)C(Cc1ccccc1)c1ccc(-c2ccccc2)cc1. The van der Waals surface area contributed by atoms with Crippen molar-refractivity contribution in [2.24, 2.45) is 5.92 Å². The Balaban J connectivity index is 1.96. The topological polar surface area (TPSA) is 74.6 Å². The minimum absolute atomic E-state index is 0.342. The maximum absolute atomic E-state index is 11.7. The van der Waals surface area contributed by atoms with Crippen LogP contribution in [0.4, 0.5) is 0 Å². The fourth-order valence-corrected chi connectivity index (χ4v) is 3.30. The van der Waals surface area contributed by atoms with Crippen LogP contribution in [0.15, 0.2) is 84.9 Å². The van der Waals surface area contributed by atoms with E-state index in [4.69, 9.17) is 0 Å². The molecule has 1 atom stereocenters. The summed E-state index contributed by atoms with van der Waals surface area (Å²) in [7, 11) is 0. The van der Waals surface area contributed by atoms with Crippen LogP contribution in [0.2, 0.25) is 0 Å². The van der Waals surface area contributed by atoms with E-state index in [0.29, 0.717) is 12.0 Å². The van der Waals surface area contributed by atoms with Crippen LogP contribution in [0.3, 0.4) is 0 Å². The molecule has 27 heavy (non-hydrogen) atoms. The Bertz CT molecular complexity index is 888. The monoisotopic (exact) mass is 360 g/mol. The molecule has 0 fully saturated rings. The van der Waals surface area contributed by atoms with E-state index in [1.165, 1.54) is 0 Å². The molecule has 3 rings (SSSR count). The predicted octanol–water partition coefficient (Wildman–Crippen LogP) is 4.47. The molecule has 4 nitrogen and oxygen atoms in total. The second kappa shape index (κ2) is 8.32. The van der Waals surface area contributed by atoms with E-state index in [-0.39, 0.29) is 0 Å².